The van der Waals surface area contributed by atoms with Gasteiger partial charge in [-0.15, -0.1) is 0 Å². The van der Waals surface area contributed by atoms with Gasteiger partial charge in [0.25, 0.3) is 0 Å². The molecule has 0 unspecified atom stereocenters. The topological polar surface area (TPSA) is 41.1 Å². The van der Waals surface area contributed by atoms with Gasteiger partial charge < -0.3 is 10.6 Å². The lowest BCUT2D eigenvalue weighted by atomic mass is 9.88. The Kier molecular flexibility index (Phi) is 5.03. The van der Waals surface area contributed by atoms with E-state index in [9.17, 15) is 9.18 Å². The highest BCUT2D eigenvalue weighted by atomic mass is 19.1. The number of hydrogen-bond acceptors (Lipinski definition) is 2. The number of rotatable bonds is 5. The van der Waals surface area contributed by atoms with Gasteiger partial charge in [0.05, 0.1) is 12.6 Å². The van der Waals surface area contributed by atoms with E-state index in [0.717, 1.165) is 24.8 Å². The van der Waals surface area contributed by atoms with Crippen molar-refractivity contribution >= 4 is 5.91 Å². The Labute approximate surface area is 135 Å². The number of fused-ring (bicyclic) bond motifs is 1. The molecule has 2 aromatic rings. The number of amides is 1. The Morgan fingerprint density at radius 3 is 2.74 bits per heavy atom. The fourth-order valence-corrected chi connectivity index (χ4v) is 3.07. The third kappa shape index (κ3) is 4.17. The molecule has 3 rings (SSSR count). The number of benzene rings is 2. The summed E-state index contributed by atoms with van der Waals surface area (Å²) in [4.78, 5) is 12.1. The zero-order valence-corrected chi connectivity index (χ0v) is 13.0. The van der Waals surface area contributed by atoms with Crippen LogP contribution < -0.4 is 10.6 Å². The van der Waals surface area contributed by atoms with Crippen molar-refractivity contribution in [1.29, 1.82) is 0 Å². The maximum Gasteiger partial charge on any atom is 0.234 e. The second-order valence-corrected chi connectivity index (χ2v) is 5.94. The fourth-order valence-electron chi connectivity index (χ4n) is 3.07. The van der Waals surface area contributed by atoms with Crippen LogP contribution >= 0.6 is 0 Å². The summed E-state index contributed by atoms with van der Waals surface area (Å²) in [6.07, 6.45) is 3.18. The first-order valence-electron chi connectivity index (χ1n) is 8.05. The van der Waals surface area contributed by atoms with Gasteiger partial charge >= 0.3 is 0 Å². The molecule has 0 aliphatic heterocycles. The molecule has 4 heteroatoms. The van der Waals surface area contributed by atoms with Crippen molar-refractivity contribution in [3.05, 3.63) is 71.0 Å². The van der Waals surface area contributed by atoms with Gasteiger partial charge in [-0.25, -0.2) is 4.39 Å². The van der Waals surface area contributed by atoms with E-state index in [1.165, 1.54) is 23.3 Å². The molecule has 1 amide bonds. The molecule has 0 saturated heterocycles. The van der Waals surface area contributed by atoms with Gasteiger partial charge in [0.2, 0.25) is 5.91 Å². The van der Waals surface area contributed by atoms with E-state index in [1.54, 1.807) is 12.1 Å². The van der Waals surface area contributed by atoms with Crippen LogP contribution in [0.1, 0.15) is 35.6 Å². The fraction of sp³-hybridized carbons (Fsp3) is 0.316. The average Bonchev–Trinajstić information content (AvgIpc) is 2.57. The van der Waals surface area contributed by atoms with Gasteiger partial charge in [-0.05, 0) is 48.1 Å². The van der Waals surface area contributed by atoms with Gasteiger partial charge in [0.1, 0.15) is 5.82 Å². The van der Waals surface area contributed by atoms with Crippen molar-refractivity contribution in [2.75, 3.05) is 6.54 Å². The number of halogens is 1. The van der Waals surface area contributed by atoms with Crippen LogP contribution in [0, 0.1) is 5.82 Å². The third-order valence-electron chi connectivity index (χ3n) is 4.23. The summed E-state index contributed by atoms with van der Waals surface area (Å²) >= 11 is 0. The van der Waals surface area contributed by atoms with Crippen LogP contribution in [0.5, 0.6) is 0 Å². The zero-order valence-electron chi connectivity index (χ0n) is 13.0. The Bertz CT molecular complexity index is 669. The summed E-state index contributed by atoms with van der Waals surface area (Å²) < 4.78 is 12.8. The molecule has 3 nitrogen and oxygen atoms in total. The van der Waals surface area contributed by atoms with Gasteiger partial charge in [-0.3, -0.25) is 4.79 Å². The monoisotopic (exact) mass is 312 g/mol. The summed E-state index contributed by atoms with van der Waals surface area (Å²) in [5.41, 5.74) is 3.54. The minimum atomic E-state index is -0.248. The Morgan fingerprint density at radius 1 is 1.13 bits per heavy atom. The van der Waals surface area contributed by atoms with Crippen LogP contribution in [0.15, 0.2) is 48.5 Å². The third-order valence-corrected chi connectivity index (χ3v) is 4.23. The summed E-state index contributed by atoms with van der Waals surface area (Å²) in [5.74, 6) is -0.253. The molecule has 0 saturated carbocycles. The quantitative estimate of drug-likeness (QED) is 0.891. The largest absolute Gasteiger partial charge is 0.348 e. The highest BCUT2D eigenvalue weighted by Crippen LogP contribution is 2.29. The first-order valence-corrected chi connectivity index (χ1v) is 8.05. The van der Waals surface area contributed by atoms with Gasteiger partial charge in [0.15, 0.2) is 0 Å². The van der Waals surface area contributed by atoms with Crippen molar-refractivity contribution in [1.82, 2.24) is 10.6 Å². The molecule has 2 N–H and O–H groups in total. The minimum absolute atomic E-state index is 0.00573. The van der Waals surface area contributed by atoms with E-state index < -0.39 is 0 Å². The highest BCUT2D eigenvalue weighted by Gasteiger charge is 2.20. The first kappa shape index (κ1) is 15.7. The SMILES string of the molecule is O=C(CNCc1ccc(F)cc1)N[C@@H]1CCCc2ccccc21. The maximum atomic E-state index is 12.8. The smallest absolute Gasteiger partial charge is 0.234 e. The number of carbonyl (C=O) groups is 1. The average molecular weight is 312 g/mol. The second kappa shape index (κ2) is 7.38. The molecular formula is C19H21FN2O. The molecule has 0 bridgehead atoms. The van der Waals surface area contributed by atoms with E-state index in [2.05, 4.69) is 22.8 Å². The van der Waals surface area contributed by atoms with Crippen LogP contribution in [0.2, 0.25) is 0 Å². The van der Waals surface area contributed by atoms with E-state index in [-0.39, 0.29) is 24.3 Å². The number of carbonyl (C=O) groups excluding carboxylic acids is 1. The summed E-state index contributed by atoms with van der Waals surface area (Å²) in [7, 11) is 0. The van der Waals surface area contributed by atoms with E-state index in [4.69, 9.17) is 0 Å². The molecule has 23 heavy (non-hydrogen) atoms. The predicted molar refractivity (Wildman–Crippen MR) is 88.4 cm³/mol. The van der Waals surface area contributed by atoms with Crippen molar-refractivity contribution in [2.45, 2.75) is 31.8 Å². The Hall–Kier alpha value is -2.20. The van der Waals surface area contributed by atoms with Crippen LogP contribution in [-0.2, 0) is 17.8 Å². The van der Waals surface area contributed by atoms with Crippen LogP contribution in [0.25, 0.3) is 0 Å². The molecule has 1 aliphatic rings. The van der Waals surface area contributed by atoms with Crippen LogP contribution in [0.3, 0.4) is 0 Å². The molecule has 1 aliphatic carbocycles. The standard InChI is InChI=1S/C19H21FN2O/c20-16-10-8-14(9-11-16)12-21-13-19(23)22-18-7-3-5-15-4-1-2-6-17(15)18/h1-2,4,6,8-11,18,21H,3,5,7,12-13H2,(H,22,23)/t18-/m1/s1. The van der Waals surface area contributed by atoms with Crippen molar-refractivity contribution in [3.63, 3.8) is 0 Å². The van der Waals surface area contributed by atoms with Crippen LogP contribution in [0.4, 0.5) is 4.39 Å². The molecule has 0 aromatic heterocycles. The molecule has 0 spiro atoms. The van der Waals surface area contributed by atoms with E-state index in [0.29, 0.717) is 6.54 Å². The van der Waals surface area contributed by atoms with E-state index in [1.807, 2.05) is 12.1 Å². The highest BCUT2D eigenvalue weighted by molar-refractivity contribution is 5.78. The minimum Gasteiger partial charge on any atom is -0.348 e. The zero-order chi connectivity index (χ0) is 16.1. The van der Waals surface area contributed by atoms with Gasteiger partial charge in [-0.1, -0.05) is 36.4 Å². The van der Waals surface area contributed by atoms with Gasteiger partial charge in [0, 0.05) is 6.54 Å². The summed E-state index contributed by atoms with van der Waals surface area (Å²) in [6.45, 7) is 0.811. The molecule has 1 atom stereocenters. The lowest BCUT2D eigenvalue weighted by molar-refractivity contribution is -0.121. The van der Waals surface area contributed by atoms with E-state index >= 15 is 0 Å². The number of aryl methyl sites for hydroxylation is 1. The number of hydrogen-bond donors (Lipinski definition) is 2. The Morgan fingerprint density at radius 2 is 1.91 bits per heavy atom. The molecule has 2 aromatic carbocycles. The van der Waals surface area contributed by atoms with Gasteiger partial charge in [-0.2, -0.15) is 0 Å². The normalized spacial score (nSPS) is 16.7. The first-order chi connectivity index (χ1) is 11.2. The maximum absolute atomic E-state index is 12.8. The summed E-state index contributed by atoms with van der Waals surface area (Å²) in [6, 6.07) is 14.7. The summed E-state index contributed by atoms with van der Waals surface area (Å²) in [5, 5.41) is 6.21. The lowest BCUT2D eigenvalue weighted by Gasteiger charge is -2.26. The molecule has 0 radical (unpaired) electrons. The number of nitrogens with one attached hydrogen (secondary N) is 2. The van der Waals surface area contributed by atoms with Crippen molar-refractivity contribution in [3.8, 4) is 0 Å². The molecule has 0 fully saturated rings. The van der Waals surface area contributed by atoms with Crippen LogP contribution in [-0.4, -0.2) is 12.5 Å². The van der Waals surface area contributed by atoms with Crippen molar-refractivity contribution < 1.29 is 9.18 Å². The van der Waals surface area contributed by atoms with Crippen molar-refractivity contribution in [2.24, 2.45) is 0 Å². The Balaban J connectivity index is 1.49. The molecule has 120 valence electrons. The molecular weight excluding hydrogens is 291 g/mol. The predicted octanol–water partition coefficient (Wildman–Crippen LogP) is 3.11. The lowest BCUT2D eigenvalue weighted by Crippen LogP contribution is -2.37. The molecule has 0 heterocycles. The second-order valence-electron chi connectivity index (χ2n) is 5.94.